The van der Waals surface area contributed by atoms with E-state index in [0.29, 0.717) is 37.4 Å². The van der Waals surface area contributed by atoms with Gasteiger partial charge in [0, 0.05) is 16.6 Å². The molecule has 1 aliphatic rings. The number of aliphatic imine (C=N–C) groups is 1. The van der Waals surface area contributed by atoms with Gasteiger partial charge in [0.25, 0.3) is 5.91 Å². The van der Waals surface area contributed by atoms with Crippen LogP contribution >= 0.6 is 46.3 Å². The van der Waals surface area contributed by atoms with Gasteiger partial charge in [-0.25, -0.2) is 0 Å². The highest BCUT2D eigenvalue weighted by Crippen LogP contribution is 2.35. The molecule has 1 aromatic carbocycles. The van der Waals surface area contributed by atoms with Crippen LogP contribution in [0.15, 0.2) is 40.8 Å². The minimum atomic E-state index is -0.157. The molecule has 0 atom stereocenters. The molecule has 1 fully saturated rings. The highest BCUT2D eigenvalue weighted by Gasteiger charge is 2.33. The van der Waals surface area contributed by atoms with E-state index in [1.165, 1.54) is 23.1 Å². The van der Waals surface area contributed by atoms with Crippen molar-refractivity contribution < 1.29 is 4.79 Å². The number of hydrogen-bond acceptors (Lipinski definition) is 6. The molecular formula is C16H12Cl2N4OS2. The number of nitrogens with zero attached hydrogens (tertiary/aromatic N) is 4. The molecule has 0 unspecified atom stereocenters. The summed E-state index contributed by atoms with van der Waals surface area (Å²) in [5, 5.41) is 10.8. The van der Waals surface area contributed by atoms with E-state index in [2.05, 4.69) is 21.8 Å². The summed E-state index contributed by atoms with van der Waals surface area (Å²) in [6.07, 6.45) is 3.38. The summed E-state index contributed by atoms with van der Waals surface area (Å²) < 4.78 is 0. The number of benzene rings is 1. The molecule has 1 amide bonds. The Hall–Kier alpha value is -1.67. The molecule has 1 saturated heterocycles. The third kappa shape index (κ3) is 4.12. The fourth-order valence-electron chi connectivity index (χ4n) is 2.05. The van der Waals surface area contributed by atoms with Gasteiger partial charge in [-0.3, -0.25) is 9.69 Å². The average molecular weight is 411 g/mol. The molecule has 0 bridgehead atoms. The molecule has 1 aliphatic heterocycles. The molecule has 128 valence electrons. The predicted octanol–water partition coefficient (Wildman–Crippen LogP) is 4.94. The maximum atomic E-state index is 12.7. The van der Waals surface area contributed by atoms with E-state index in [0.717, 1.165) is 5.01 Å². The second-order valence-electron chi connectivity index (χ2n) is 4.98. The van der Waals surface area contributed by atoms with E-state index >= 15 is 0 Å². The number of hydrogen-bond donors (Lipinski definition) is 0. The van der Waals surface area contributed by atoms with Crippen LogP contribution in [0.1, 0.15) is 10.6 Å². The van der Waals surface area contributed by atoms with Crippen LogP contribution in [0.2, 0.25) is 10.0 Å². The number of aromatic nitrogens is 2. The summed E-state index contributed by atoms with van der Waals surface area (Å²) >= 11 is 14.7. The monoisotopic (exact) mass is 410 g/mol. The summed E-state index contributed by atoms with van der Waals surface area (Å²) in [7, 11) is 0. The van der Waals surface area contributed by atoms with Gasteiger partial charge in [-0.15, -0.1) is 16.8 Å². The summed E-state index contributed by atoms with van der Waals surface area (Å²) in [5.41, 5.74) is 0.716. The Morgan fingerprint density at radius 2 is 2.16 bits per heavy atom. The summed E-state index contributed by atoms with van der Waals surface area (Å²) in [6.45, 7) is 5.90. The zero-order chi connectivity index (χ0) is 18.0. The minimum absolute atomic E-state index is 0.157. The van der Waals surface area contributed by atoms with E-state index in [1.54, 1.807) is 35.3 Å². The molecule has 0 aliphatic carbocycles. The SMILES string of the molecule is C=CCN1C(=O)/C(=C/c2ccc(Cl)cc2Cl)S/C1=N/c1nnc(C)s1. The van der Waals surface area contributed by atoms with Gasteiger partial charge >= 0.3 is 0 Å². The van der Waals surface area contributed by atoms with Crippen LogP contribution in [0, 0.1) is 6.92 Å². The number of rotatable bonds is 4. The van der Waals surface area contributed by atoms with E-state index in [4.69, 9.17) is 23.2 Å². The van der Waals surface area contributed by atoms with Crippen molar-refractivity contribution in [1.29, 1.82) is 0 Å². The highest BCUT2D eigenvalue weighted by atomic mass is 35.5. The van der Waals surface area contributed by atoms with Crippen LogP contribution in [0.4, 0.5) is 5.13 Å². The lowest BCUT2D eigenvalue weighted by Gasteiger charge is -2.11. The topological polar surface area (TPSA) is 58.5 Å². The van der Waals surface area contributed by atoms with Gasteiger partial charge in [-0.05, 0) is 42.5 Å². The molecule has 2 aromatic rings. The van der Waals surface area contributed by atoms with Gasteiger partial charge in [0.05, 0.1) is 4.91 Å². The third-order valence-electron chi connectivity index (χ3n) is 3.16. The van der Waals surface area contributed by atoms with E-state index < -0.39 is 0 Å². The number of carbonyl (C=O) groups excluding carboxylic acids is 1. The molecule has 25 heavy (non-hydrogen) atoms. The summed E-state index contributed by atoms with van der Waals surface area (Å²) in [4.78, 5) is 19.2. The van der Waals surface area contributed by atoms with Gasteiger partial charge in [0.1, 0.15) is 5.01 Å². The van der Waals surface area contributed by atoms with Gasteiger partial charge in [0.2, 0.25) is 5.13 Å². The Kier molecular flexibility index (Phi) is 5.58. The first-order valence-corrected chi connectivity index (χ1v) is 9.53. The van der Waals surface area contributed by atoms with Crippen LogP contribution in [-0.4, -0.2) is 32.7 Å². The second-order valence-corrected chi connectivity index (χ2v) is 7.99. The van der Waals surface area contributed by atoms with Crippen molar-refractivity contribution in [2.24, 2.45) is 4.99 Å². The Morgan fingerprint density at radius 3 is 2.80 bits per heavy atom. The Balaban J connectivity index is 1.96. The van der Waals surface area contributed by atoms with Crippen molar-refractivity contribution in [3.8, 4) is 0 Å². The van der Waals surface area contributed by atoms with E-state index in [9.17, 15) is 4.79 Å². The van der Waals surface area contributed by atoms with Gasteiger partial charge in [-0.2, -0.15) is 4.99 Å². The lowest BCUT2D eigenvalue weighted by molar-refractivity contribution is -0.121. The number of halogens is 2. The molecule has 5 nitrogen and oxygen atoms in total. The quantitative estimate of drug-likeness (QED) is 0.528. The smallest absolute Gasteiger partial charge is 0.267 e. The van der Waals surface area contributed by atoms with Crippen molar-refractivity contribution >= 4 is 68.6 Å². The molecule has 3 rings (SSSR count). The maximum absolute atomic E-state index is 12.7. The zero-order valence-electron chi connectivity index (χ0n) is 13.1. The fourth-order valence-corrected chi connectivity index (χ4v) is 4.11. The number of amidine groups is 1. The maximum Gasteiger partial charge on any atom is 0.267 e. The summed E-state index contributed by atoms with van der Waals surface area (Å²) in [6, 6.07) is 5.14. The van der Waals surface area contributed by atoms with Crippen LogP contribution in [-0.2, 0) is 4.79 Å². The van der Waals surface area contributed by atoms with Crippen LogP contribution < -0.4 is 0 Å². The van der Waals surface area contributed by atoms with Gasteiger partial charge in [-0.1, -0.05) is 46.7 Å². The lowest BCUT2D eigenvalue weighted by atomic mass is 10.2. The van der Waals surface area contributed by atoms with Crippen molar-refractivity contribution in [3.05, 3.63) is 56.4 Å². The third-order valence-corrected chi connectivity index (χ3v) is 5.46. The van der Waals surface area contributed by atoms with E-state index in [-0.39, 0.29) is 5.91 Å². The molecule has 0 radical (unpaired) electrons. The highest BCUT2D eigenvalue weighted by molar-refractivity contribution is 8.18. The summed E-state index contributed by atoms with van der Waals surface area (Å²) in [5.74, 6) is -0.157. The molecule has 0 saturated carbocycles. The number of amides is 1. The Bertz CT molecular complexity index is 907. The zero-order valence-corrected chi connectivity index (χ0v) is 16.2. The molecule has 9 heteroatoms. The fraction of sp³-hybridized carbons (Fsp3) is 0.125. The Morgan fingerprint density at radius 1 is 1.36 bits per heavy atom. The lowest BCUT2D eigenvalue weighted by Crippen LogP contribution is -2.29. The first-order valence-electron chi connectivity index (χ1n) is 7.14. The minimum Gasteiger partial charge on any atom is -0.282 e. The van der Waals surface area contributed by atoms with Crippen molar-refractivity contribution in [2.75, 3.05) is 6.54 Å². The number of thioether (sulfide) groups is 1. The average Bonchev–Trinajstić information content (AvgIpc) is 3.09. The van der Waals surface area contributed by atoms with Gasteiger partial charge < -0.3 is 0 Å². The molecule has 0 N–H and O–H groups in total. The first-order chi connectivity index (χ1) is 12.0. The Labute approximate surface area is 163 Å². The van der Waals surface area contributed by atoms with Crippen molar-refractivity contribution in [3.63, 3.8) is 0 Å². The number of carbonyl (C=O) groups is 1. The van der Waals surface area contributed by atoms with Gasteiger partial charge in [0.15, 0.2) is 5.17 Å². The van der Waals surface area contributed by atoms with Crippen LogP contribution in [0.25, 0.3) is 6.08 Å². The van der Waals surface area contributed by atoms with Crippen molar-refractivity contribution in [2.45, 2.75) is 6.92 Å². The standard InChI is InChI=1S/C16H12Cl2N4OS2/c1-3-6-22-14(23)13(7-10-4-5-11(17)8-12(10)18)25-16(22)19-15-21-20-9(2)24-15/h3-5,7-8H,1,6H2,2H3/b13-7-,19-16+. The molecular weight excluding hydrogens is 399 g/mol. The second kappa shape index (κ2) is 7.70. The first kappa shape index (κ1) is 18.1. The normalized spacial score (nSPS) is 17.7. The largest absolute Gasteiger partial charge is 0.282 e. The van der Waals surface area contributed by atoms with Crippen LogP contribution in [0.3, 0.4) is 0 Å². The molecule has 0 spiro atoms. The van der Waals surface area contributed by atoms with Crippen molar-refractivity contribution in [1.82, 2.24) is 15.1 Å². The molecule has 2 heterocycles. The van der Waals surface area contributed by atoms with Crippen LogP contribution in [0.5, 0.6) is 0 Å². The van der Waals surface area contributed by atoms with E-state index in [1.807, 2.05) is 6.92 Å². The molecule has 1 aromatic heterocycles. The predicted molar refractivity (Wildman–Crippen MR) is 106 cm³/mol. The number of aryl methyl sites for hydroxylation is 1.